The number of para-hydroxylation sites is 1. The molecule has 0 bridgehead atoms. The molecule has 1 aromatic heterocycles. The molecule has 1 heterocycles. The largest absolute Gasteiger partial charge is 0.348 e. The minimum absolute atomic E-state index is 0.0653. The van der Waals surface area contributed by atoms with Crippen LogP contribution < -0.4 is 5.32 Å². The van der Waals surface area contributed by atoms with Gasteiger partial charge in [-0.25, -0.2) is 0 Å². The lowest BCUT2D eigenvalue weighted by Crippen LogP contribution is -2.19. The lowest BCUT2D eigenvalue weighted by Gasteiger charge is -2.22. The minimum atomic E-state index is -0.251. The average molecular weight is 284 g/mol. The number of carbonyl (C=O) groups excluding carboxylic acids is 2. The summed E-state index contributed by atoms with van der Waals surface area (Å²) in [5, 5.41) is 2.90. The molecule has 2 N–H and O–H groups in total. The van der Waals surface area contributed by atoms with Gasteiger partial charge >= 0.3 is 0 Å². The van der Waals surface area contributed by atoms with E-state index < -0.39 is 0 Å². The molecule has 2 rings (SSSR count). The van der Waals surface area contributed by atoms with Crippen LogP contribution in [0.1, 0.15) is 54.2 Å². The zero-order valence-corrected chi connectivity index (χ0v) is 12.8. The smallest absolute Gasteiger partial charge is 0.272 e. The summed E-state index contributed by atoms with van der Waals surface area (Å²) in [4.78, 5) is 26.4. The number of benzene rings is 1. The molecule has 0 aliphatic carbocycles. The first-order chi connectivity index (χ1) is 9.79. The highest BCUT2D eigenvalue weighted by molar-refractivity contribution is 6.04. The van der Waals surface area contributed by atoms with Crippen molar-refractivity contribution in [3.63, 3.8) is 0 Å². The number of aromatic amines is 1. The number of rotatable bonds is 3. The zero-order valence-electron chi connectivity index (χ0n) is 12.8. The molecule has 0 fully saturated rings. The van der Waals surface area contributed by atoms with E-state index in [4.69, 9.17) is 0 Å². The maximum Gasteiger partial charge on any atom is 0.272 e. The Kier molecular flexibility index (Phi) is 3.98. The summed E-state index contributed by atoms with van der Waals surface area (Å²) in [7, 11) is 0. The predicted octanol–water partition coefficient (Wildman–Crippen LogP) is 3.77. The SMILES string of the molecule is CC(=O)c1ccc(C(=O)Nc2ccccc2C(C)(C)C)[nH]1. The number of carbonyl (C=O) groups is 2. The number of anilines is 1. The Hall–Kier alpha value is -2.36. The second-order valence-electron chi connectivity index (χ2n) is 6.09. The Morgan fingerprint density at radius 1 is 1.00 bits per heavy atom. The molecule has 0 spiro atoms. The maximum atomic E-state index is 12.3. The molecular weight excluding hydrogens is 264 g/mol. The Balaban J connectivity index is 2.25. The van der Waals surface area contributed by atoms with Crippen molar-refractivity contribution in [2.75, 3.05) is 5.32 Å². The molecule has 4 nitrogen and oxygen atoms in total. The Morgan fingerprint density at radius 3 is 2.19 bits per heavy atom. The third-order valence-electron chi connectivity index (χ3n) is 3.29. The number of ketones is 1. The quantitative estimate of drug-likeness (QED) is 0.843. The number of amides is 1. The number of Topliss-reactive ketones (excluding diaryl/α,β-unsaturated/α-hetero) is 1. The second kappa shape index (κ2) is 5.56. The fraction of sp³-hybridized carbons (Fsp3) is 0.294. The van der Waals surface area contributed by atoms with Crippen LogP contribution in [0.5, 0.6) is 0 Å². The zero-order chi connectivity index (χ0) is 15.6. The molecule has 110 valence electrons. The van der Waals surface area contributed by atoms with Gasteiger partial charge in [0.15, 0.2) is 5.78 Å². The van der Waals surface area contributed by atoms with E-state index >= 15 is 0 Å². The van der Waals surface area contributed by atoms with E-state index in [1.165, 1.54) is 6.92 Å². The molecule has 0 saturated heterocycles. The minimum Gasteiger partial charge on any atom is -0.348 e. The van der Waals surface area contributed by atoms with Crippen LogP contribution >= 0.6 is 0 Å². The summed E-state index contributed by atoms with van der Waals surface area (Å²) in [6.45, 7) is 7.75. The Bertz CT molecular complexity index is 678. The molecule has 0 atom stereocenters. The molecule has 1 aromatic carbocycles. The van der Waals surface area contributed by atoms with E-state index in [1.54, 1.807) is 12.1 Å². The van der Waals surface area contributed by atoms with Crippen molar-refractivity contribution in [2.45, 2.75) is 33.1 Å². The molecule has 0 aliphatic rings. The lowest BCUT2D eigenvalue weighted by molar-refractivity contribution is 0.101. The first-order valence-electron chi connectivity index (χ1n) is 6.90. The summed E-state index contributed by atoms with van der Waals surface area (Å²) in [5.41, 5.74) is 2.60. The van der Waals surface area contributed by atoms with E-state index in [0.717, 1.165) is 11.3 Å². The van der Waals surface area contributed by atoms with Crippen LogP contribution in [0.15, 0.2) is 36.4 Å². The van der Waals surface area contributed by atoms with E-state index in [-0.39, 0.29) is 17.1 Å². The Morgan fingerprint density at radius 2 is 1.62 bits per heavy atom. The van der Waals surface area contributed by atoms with Gasteiger partial charge in [-0.3, -0.25) is 9.59 Å². The standard InChI is InChI=1S/C17H20N2O2/c1-11(20)13-9-10-15(18-13)16(21)19-14-8-6-5-7-12(14)17(2,3)4/h5-10,18H,1-4H3,(H,19,21). The molecule has 2 aromatic rings. The van der Waals surface area contributed by atoms with Gasteiger partial charge in [-0.1, -0.05) is 39.0 Å². The van der Waals surface area contributed by atoms with Crippen LogP contribution in [0.2, 0.25) is 0 Å². The van der Waals surface area contributed by atoms with Gasteiger partial charge in [0.05, 0.1) is 5.69 Å². The summed E-state index contributed by atoms with van der Waals surface area (Å²) in [6.07, 6.45) is 0. The number of H-pyrrole nitrogens is 1. The van der Waals surface area contributed by atoms with Gasteiger partial charge < -0.3 is 10.3 Å². The normalized spacial score (nSPS) is 11.2. The van der Waals surface area contributed by atoms with E-state index in [1.807, 2.05) is 24.3 Å². The van der Waals surface area contributed by atoms with Gasteiger partial charge in [0.25, 0.3) is 5.91 Å². The van der Waals surface area contributed by atoms with Crippen LogP contribution in [0.3, 0.4) is 0 Å². The Labute approximate surface area is 124 Å². The van der Waals surface area contributed by atoms with Crippen molar-refractivity contribution in [2.24, 2.45) is 0 Å². The van der Waals surface area contributed by atoms with E-state index in [9.17, 15) is 9.59 Å². The fourth-order valence-corrected chi connectivity index (χ4v) is 2.17. The maximum absolute atomic E-state index is 12.3. The molecule has 0 unspecified atom stereocenters. The monoisotopic (exact) mass is 284 g/mol. The van der Waals surface area contributed by atoms with Gasteiger partial charge in [-0.2, -0.15) is 0 Å². The number of nitrogens with one attached hydrogen (secondary N) is 2. The van der Waals surface area contributed by atoms with Crippen LogP contribution in [-0.2, 0) is 5.41 Å². The van der Waals surface area contributed by atoms with Crippen molar-refractivity contribution >= 4 is 17.4 Å². The van der Waals surface area contributed by atoms with Crippen LogP contribution in [0, 0.1) is 0 Å². The molecule has 4 heteroatoms. The number of hydrogen-bond donors (Lipinski definition) is 2. The highest BCUT2D eigenvalue weighted by Crippen LogP contribution is 2.29. The highest BCUT2D eigenvalue weighted by atomic mass is 16.2. The van der Waals surface area contributed by atoms with Gasteiger partial charge in [0.2, 0.25) is 0 Å². The molecule has 0 radical (unpaired) electrons. The van der Waals surface area contributed by atoms with Gasteiger partial charge in [0, 0.05) is 12.6 Å². The van der Waals surface area contributed by atoms with Gasteiger partial charge in [-0.05, 0) is 29.2 Å². The average Bonchev–Trinajstić information content (AvgIpc) is 2.88. The van der Waals surface area contributed by atoms with Gasteiger partial charge in [-0.15, -0.1) is 0 Å². The molecule has 1 amide bonds. The van der Waals surface area contributed by atoms with Crippen molar-refractivity contribution < 1.29 is 9.59 Å². The number of aromatic nitrogens is 1. The fourth-order valence-electron chi connectivity index (χ4n) is 2.17. The van der Waals surface area contributed by atoms with Crippen LogP contribution in [-0.4, -0.2) is 16.7 Å². The first kappa shape index (κ1) is 15.0. The summed E-state index contributed by atoms with van der Waals surface area (Å²) >= 11 is 0. The topological polar surface area (TPSA) is 62.0 Å². The predicted molar refractivity (Wildman–Crippen MR) is 83.9 cm³/mol. The number of hydrogen-bond acceptors (Lipinski definition) is 2. The lowest BCUT2D eigenvalue weighted by atomic mass is 9.86. The van der Waals surface area contributed by atoms with Crippen molar-refractivity contribution in [3.05, 3.63) is 53.3 Å². The van der Waals surface area contributed by atoms with Crippen molar-refractivity contribution in [3.8, 4) is 0 Å². The second-order valence-corrected chi connectivity index (χ2v) is 6.09. The van der Waals surface area contributed by atoms with Crippen LogP contribution in [0.25, 0.3) is 0 Å². The van der Waals surface area contributed by atoms with Gasteiger partial charge in [0.1, 0.15) is 5.69 Å². The molecule has 0 aliphatic heterocycles. The van der Waals surface area contributed by atoms with E-state index in [2.05, 4.69) is 31.1 Å². The van der Waals surface area contributed by atoms with Crippen molar-refractivity contribution in [1.82, 2.24) is 4.98 Å². The molecule has 0 saturated carbocycles. The third kappa shape index (κ3) is 3.40. The summed E-state index contributed by atoms with van der Waals surface area (Å²) < 4.78 is 0. The molecule has 21 heavy (non-hydrogen) atoms. The summed E-state index contributed by atoms with van der Waals surface area (Å²) in [6, 6.07) is 11.0. The molecular formula is C17H20N2O2. The highest BCUT2D eigenvalue weighted by Gasteiger charge is 2.19. The van der Waals surface area contributed by atoms with E-state index in [0.29, 0.717) is 11.4 Å². The van der Waals surface area contributed by atoms with Crippen LogP contribution in [0.4, 0.5) is 5.69 Å². The third-order valence-corrected chi connectivity index (χ3v) is 3.29. The van der Waals surface area contributed by atoms with Crippen molar-refractivity contribution in [1.29, 1.82) is 0 Å². The summed E-state index contributed by atoms with van der Waals surface area (Å²) in [5.74, 6) is -0.344. The first-order valence-corrected chi connectivity index (χ1v) is 6.90.